The number of nitrogens with one attached hydrogen (secondary N) is 5. The van der Waals surface area contributed by atoms with Crippen LogP contribution in [-0.2, 0) is 25.6 Å². The zero-order valence-corrected chi connectivity index (χ0v) is 47.8. The van der Waals surface area contributed by atoms with Crippen LogP contribution in [0.3, 0.4) is 0 Å². The van der Waals surface area contributed by atoms with Crippen molar-refractivity contribution in [2.24, 2.45) is 5.92 Å². The Labute approximate surface area is 477 Å². The van der Waals surface area contributed by atoms with Gasteiger partial charge in [0.05, 0.1) is 50.4 Å². The lowest BCUT2D eigenvalue weighted by atomic mass is 9.83. The minimum atomic E-state index is -0.581. The maximum absolute atomic E-state index is 14.2. The summed E-state index contributed by atoms with van der Waals surface area (Å²) in [7, 11) is 1.74. The maximum atomic E-state index is 14.2. The highest BCUT2D eigenvalue weighted by atomic mass is 32.1. The molecule has 20 heteroatoms. The van der Waals surface area contributed by atoms with E-state index in [0.29, 0.717) is 81.6 Å². The first-order valence-electron chi connectivity index (χ1n) is 28.9. The lowest BCUT2D eigenvalue weighted by Gasteiger charge is -2.35. The number of likely N-dealkylation sites (tertiary alicyclic amines) is 1. The molecule has 2 amide bonds. The molecule has 4 atom stereocenters. The van der Waals surface area contributed by atoms with Gasteiger partial charge in [0.25, 0.3) is 0 Å². The molecule has 3 aromatic carbocycles. The number of thiazole rings is 1. The van der Waals surface area contributed by atoms with Crippen molar-refractivity contribution in [3.05, 3.63) is 118 Å². The Bertz CT molecular complexity index is 3250. The lowest BCUT2D eigenvalue weighted by Crippen LogP contribution is -2.55. The molecule has 0 unspecified atom stereocenters. The number of benzene rings is 3. The van der Waals surface area contributed by atoms with Crippen LogP contribution >= 0.6 is 11.3 Å². The number of rotatable bonds is 26. The number of amides is 2. The molecule has 0 radical (unpaired) electrons. The van der Waals surface area contributed by atoms with E-state index in [9.17, 15) is 14.4 Å². The molecule has 7 aromatic rings. The number of carbonyl (C=O) groups excluding carboxylic acids is 3. The summed E-state index contributed by atoms with van der Waals surface area (Å²) in [5.41, 5.74) is 6.52. The van der Waals surface area contributed by atoms with E-state index in [1.54, 1.807) is 42.1 Å². The van der Waals surface area contributed by atoms with Crippen LogP contribution in [0.4, 0.5) is 11.6 Å². The van der Waals surface area contributed by atoms with E-state index in [1.165, 1.54) is 11.3 Å². The largest absolute Gasteiger partial charge is 0.491 e. The molecule has 3 fully saturated rings. The number of aromatic nitrogens is 6. The standard InChI is InChI=1S/C61H76N12O7S/c1-39(2)50-37-67-73-56(50)70-61(80-47-18-11-24-63-36-47)71-60(73)66-35-44-15-8-9-19-48(44)54-49-22-21-45(33-42(49)23-25-65-54)64-26-28-77-29-30-78-31-32-79-46-17-10-16-43(34-46)55(74)51-38-81-58(68-51)52-20-12-27-72(52)59(76)53(41-13-6-5-7-14-41)69-57(75)40(3)62-4/h8-10,15-17,19,21-23,25,33-34,37-41,47,52-53,62-64H,5-7,11-14,18,20,24,26-32,35-36H2,1-4H3,(H,69,75)(H,66,70,71)/t40-,47+,52-,53-/m0/s1. The SMILES string of the molecule is CN[C@@H](C)C(=O)N[C@H](C(=O)N1CCC[C@H]1c1nc(C(=O)c2cccc(OCCOCCOCCNc3ccc4c(-c5ccccc5CNc5nc(O[C@@H]6CCCNC6)nc6c(C(C)C)cnn56)nccc4c3)c2)cs1)C1CCCCC1. The Balaban J connectivity index is 0.659. The molecule has 2 aliphatic heterocycles. The zero-order chi connectivity index (χ0) is 56.1. The summed E-state index contributed by atoms with van der Waals surface area (Å²) in [5.74, 6) is 1.01. The Morgan fingerprint density at radius 2 is 1.68 bits per heavy atom. The molecule has 4 aromatic heterocycles. The molecule has 1 saturated carbocycles. The molecule has 428 valence electrons. The highest BCUT2D eigenvalue weighted by Gasteiger charge is 2.40. The number of hydrogen-bond acceptors (Lipinski definition) is 17. The second-order valence-electron chi connectivity index (χ2n) is 21.5. The van der Waals surface area contributed by atoms with Crippen molar-refractivity contribution in [2.45, 2.75) is 115 Å². The van der Waals surface area contributed by atoms with E-state index in [0.717, 1.165) is 120 Å². The van der Waals surface area contributed by atoms with Gasteiger partial charge in [0.15, 0.2) is 5.65 Å². The molecule has 0 bridgehead atoms. The van der Waals surface area contributed by atoms with Gasteiger partial charge in [0.1, 0.15) is 35.2 Å². The van der Waals surface area contributed by atoms with Gasteiger partial charge in [-0.2, -0.15) is 19.6 Å². The second-order valence-corrected chi connectivity index (χ2v) is 22.4. The summed E-state index contributed by atoms with van der Waals surface area (Å²) in [6.07, 6.45) is 12.4. The van der Waals surface area contributed by atoms with Crippen molar-refractivity contribution < 1.29 is 33.3 Å². The third-order valence-electron chi connectivity index (χ3n) is 15.6. The van der Waals surface area contributed by atoms with Gasteiger partial charge in [0.2, 0.25) is 23.5 Å². The van der Waals surface area contributed by atoms with Gasteiger partial charge < -0.3 is 50.4 Å². The molecule has 5 N–H and O–H groups in total. The number of ether oxygens (including phenoxy) is 4. The first-order chi connectivity index (χ1) is 39.6. The number of nitrogens with zero attached hydrogens (tertiary/aromatic N) is 7. The molecule has 2 saturated heterocycles. The molecule has 10 rings (SSSR count). The Kier molecular flexibility index (Phi) is 19.5. The van der Waals surface area contributed by atoms with Gasteiger partial charge in [-0.3, -0.25) is 19.4 Å². The first kappa shape index (κ1) is 57.1. The number of fused-ring (bicyclic) bond motifs is 2. The smallest absolute Gasteiger partial charge is 0.322 e. The molecule has 81 heavy (non-hydrogen) atoms. The molecule has 19 nitrogen and oxygen atoms in total. The van der Waals surface area contributed by atoms with Gasteiger partial charge >= 0.3 is 6.01 Å². The summed E-state index contributed by atoms with van der Waals surface area (Å²) in [6, 6.07) is 22.8. The highest BCUT2D eigenvalue weighted by Crippen LogP contribution is 2.37. The van der Waals surface area contributed by atoms with Crippen molar-refractivity contribution in [1.29, 1.82) is 0 Å². The Morgan fingerprint density at radius 3 is 2.51 bits per heavy atom. The van der Waals surface area contributed by atoms with E-state index in [4.69, 9.17) is 38.9 Å². The van der Waals surface area contributed by atoms with Crippen molar-refractivity contribution in [2.75, 3.05) is 76.9 Å². The van der Waals surface area contributed by atoms with Crippen LogP contribution in [0.5, 0.6) is 11.8 Å². The number of carbonyl (C=O) groups is 3. The summed E-state index contributed by atoms with van der Waals surface area (Å²) in [4.78, 5) is 62.2. The molecular weight excluding hydrogens is 1040 g/mol. The van der Waals surface area contributed by atoms with Crippen LogP contribution in [0, 0.1) is 5.92 Å². The fourth-order valence-corrected chi connectivity index (χ4v) is 12.0. The third-order valence-corrected chi connectivity index (χ3v) is 16.6. The second kappa shape index (κ2) is 27.6. The maximum Gasteiger partial charge on any atom is 0.322 e. The van der Waals surface area contributed by atoms with Gasteiger partial charge in [-0.1, -0.05) is 75.6 Å². The van der Waals surface area contributed by atoms with Crippen molar-refractivity contribution in [1.82, 2.24) is 50.4 Å². The van der Waals surface area contributed by atoms with Crippen molar-refractivity contribution in [3.63, 3.8) is 0 Å². The predicted molar refractivity (Wildman–Crippen MR) is 314 cm³/mol. The van der Waals surface area contributed by atoms with Gasteiger partial charge in [0, 0.05) is 65.5 Å². The number of hydrogen-bond donors (Lipinski definition) is 5. The summed E-state index contributed by atoms with van der Waals surface area (Å²) < 4.78 is 25.7. The van der Waals surface area contributed by atoms with Crippen LogP contribution in [0.2, 0.25) is 0 Å². The quantitative estimate of drug-likeness (QED) is 0.0253. The third kappa shape index (κ3) is 14.2. The number of likely N-dealkylation sites (N-methyl/N-ethyl adjacent to an activating group) is 1. The average Bonchev–Trinajstić information content (AvgIpc) is 4.40. The van der Waals surface area contributed by atoms with E-state index in [1.807, 2.05) is 41.6 Å². The van der Waals surface area contributed by atoms with E-state index in [2.05, 4.69) is 75.9 Å². The van der Waals surface area contributed by atoms with E-state index >= 15 is 0 Å². The highest BCUT2D eigenvalue weighted by molar-refractivity contribution is 7.10. The van der Waals surface area contributed by atoms with Crippen LogP contribution < -0.4 is 36.1 Å². The van der Waals surface area contributed by atoms with Crippen LogP contribution in [0.25, 0.3) is 27.7 Å². The van der Waals surface area contributed by atoms with Gasteiger partial charge in [-0.05, 0) is 112 Å². The van der Waals surface area contributed by atoms with E-state index < -0.39 is 12.1 Å². The Morgan fingerprint density at radius 1 is 0.840 bits per heavy atom. The van der Waals surface area contributed by atoms with Crippen molar-refractivity contribution >= 4 is 57.0 Å². The molecular formula is C61H76N12O7S. The molecule has 3 aliphatic rings. The van der Waals surface area contributed by atoms with Gasteiger partial charge in [-0.25, -0.2) is 4.98 Å². The minimum Gasteiger partial charge on any atom is -0.491 e. The normalized spacial score (nSPS) is 17.6. The summed E-state index contributed by atoms with van der Waals surface area (Å²) in [6.45, 7) is 11.5. The average molecular weight is 1120 g/mol. The fraction of sp³-hybridized carbons (Fsp3) is 0.475. The molecule has 6 heterocycles. The number of ketones is 1. The minimum absolute atomic E-state index is 0.0120. The topological polar surface area (TPSA) is 220 Å². The number of anilines is 2. The Hall–Kier alpha value is -7.10. The lowest BCUT2D eigenvalue weighted by molar-refractivity contribution is -0.139. The molecule has 1 aliphatic carbocycles. The summed E-state index contributed by atoms with van der Waals surface area (Å²) in [5, 5.41) is 25.8. The van der Waals surface area contributed by atoms with Crippen molar-refractivity contribution in [3.8, 4) is 23.0 Å². The predicted octanol–water partition coefficient (Wildman–Crippen LogP) is 8.75. The monoisotopic (exact) mass is 1120 g/mol. The fourth-order valence-electron chi connectivity index (χ4n) is 11.1. The number of pyridine rings is 1. The van der Waals surface area contributed by atoms with E-state index in [-0.39, 0.29) is 41.6 Å². The van der Waals surface area contributed by atoms with Crippen LogP contribution in [0.15, 0.2) is 90.6 Å². The molecule has 0 spiro atoms. The first-order valence-corrected chi connectivity index (χ1v) is 29.7. The van der Waals surface area contributed by atoms with Crippen LogP contribution in [0.1, 0.15) is 123 Å². The summed E-state index contributed by atoms with van der Waals surface area (Å²) >= 11 is 1.40. The van der Waals surface area contributed by atoms with Crippen LogP contribution in [-0.4, -0.2) is 136 Å². The number of piperidine rings is 1. The zero-order valence-electron chi connectivity index (χ0n) is 47.0. The van der Waals surface area contributed by atoms with Gasteiger partial charge in [-0.15, -0.1) is 11.3 Å².